The lowest BCUT2D eigenvalue weighted by Gasteiger charge is -2.13. The van der Waals surface area contributed by atoms with Crippen LogP contribution in [0.3, 0.4) is 0 Å². The van der Waals surface area contributed by atoms with Crippen molar-refractivity contribution in [2.45, 2.75) is 31.3 Å². The summed E-state index contributed by atoms with van der Waals surface area (Å²) in [6.07, 6.45) is 0.905. The first kappa shape index (κ1) is 13.6. The van der Waals surface area contributed by atoms with Crippen molar-refractivity contribution in [1.29, 1.82) is 0 Å². The molecular formula is C10H12Cl2O3S. The minimum atomic E-state index is -3.80. The highest BCUT2D eigenvalue weighted by Crippen LogP contribution is 2.29. The van der Waals surface area contributed by atoms with Crippen LogP contribution in [-0.2, 0) is 9.05 Å². The van der Waals surface area contributed by atoms with Gasteiger partial charge in [-0.3, -0.25) is 0 Å². The molecule has 1 rings (SSSR count). The van der Waals surface area contributed by atoms with Crippen LogP contribution in [-0.4, -0.2) is 14.5 Å². The predicted octanol–water partition coefficient (Wildman–Crippen LogP) is 3.44. The summed E-state index contributed by atoms with van der Waals surface area (Å²) in [5.41, 5.74) is 0. The molecule has 0 heterocycles. The van der Waals surface area contributed by atoms with Crippen LogP contribution in [0.1, 0.15) is 20.3 Å². The summed E-state index contributed by atoms with van der Waals surface area (Å²) in [5.74, 6) is 0.531. The molecule has 0 fully saturated rings. The molecule has 0 aromatic heterocycles. The van der Waals surface area contributed by atoms with Gasteiger partial charge in [0.25, 0.3) is 9.05 Å². The summed E-state index contributed by atoms with van der Waals surface area (Å²) in [6.45, 7) is 3.91. The maximum absolute atomic E-state index is 11.1. The van der Waals surface area contributed by atoms with E-state index in [0.29, 0.717) is 5.75 Å². The van der Waals surface area contributed by atoms with Crippen LogP contribution in [0.2, 0.25) is 5.02 Å². The molecule has 0 aliphatic heterocycles. The minimum absolute atomic E-state index is 0.0505. The molecular weight excluding hydrogens is 271 g/mol. The highest BCUT2D eigenvalue weighted by atomic mass is 35.7. The average molecular weight is 283 g/mol. The summed E-state index contributed by atoms with van der Waals surface area (Å²) in [7, 11) is 1.40. The number of benzene rings is 1. The van der Waals surface area contributed by atoms with Gasteiger partial charge in [0.05, 0.1) is 11.1 Å². The molecule has 0 radical (unpaired) electrons. The van der Waals surface area contributed by atoms with Crippen LogP contribution in [0.5, 0.6) is 5.75 Å². The van der Waals surface area contributed by atoms with E-state index in [0.717, 1.165) is 6.42 Å². The SMILES string of the molecule is CCC(C)Oc1ccc(S(=O)(=O)Cl)c(Cl)c1. The van der Waals surface area contributed by atoms with E-state index in [1.165, 1.54) is 18.2 Å². The molecule has 1 unspecified atom stereocenters. The molecule has 0 saturated heterocycles. The van der Waals surface area contributed by atoms with Gasteiger partial charge in [-0.25, -0.2) is 8.42 Å². The van der Waals surface area contributed by atoms with Crippen molar-refractivity contribution in [2.75, 3.05) is 0 Å². The summed E-state index contributed by atoms with van der Waals surface area (Å²) in [5, 5.41) is 0.0656. The van der Waals surface area contributed by atoms with Gasteiger partial charge in [0, 0.05) is 16.7 Å². The van der Waals surface area contributed by atoms with Gasteiger partial charge in [-0.1, -0.05) is 18.5 Å². The monoisotopic (exact) mass is 282 g/mol. The first-order valence-electron chi connectivity index (χ1n) is 4.75. The summed E-state index contributed by atoms with van der Waals surface area (Å²) in [6, 6.07) is 4.32. The summed E-state index contributed by atoms with van der Waals surface area (Å²) in [4.78, 5) is -0.104. The van der Waals surface area contributed by atoms with E-state index in [1.807, 2.05) is 13.8 Å². The Labute approximate surface area is 105 Å². The van der Waals surface area contributed by atoms with Crippen molar-refractivity contribution >= 4 is 31.3 Å². The van der Waals surface area contributed by atoms with Gasteiger partial charge in [0.1, 0.15) is 10.6 Å². The van der Waals surface area contributed by atoms with Crippen LogP contribution in [0.4, 0.5) is 0 Å². The Bertz CT molecular complexity index is 471. The molecule has 0 aliphatic rings. The second kappa shape index (κ2) is 5.25. The van der Waals surface area contributed by atoms with E-state index in [1.54, 1.807) is 0 Å². The van der Waals surface area contributed by atoms with Gasteiger partial charge < -0.3 is 4.74 Å². The maximum Gasteiger partial charge on any atom is 0.262 e. The number of ether oxygens (including phenoxy) is 1. The lowest BCUT2D eigenvalue weighted by Crippen LogP contribution is -2.09. The molecule has 6 heteroatoms. The smallest absolute Gasteiger partial charge is 0.262 e. The van der Waals surface area contributed by atoms with Crippen LogP contribution < -0.4 is 4.74 Å². The van der Waals surface area contributed by atoms with Gasteiger partial charge in [-0.05, 0) is 25.5 Å². The third kappa shape index (κ3) is 3.54. The highest BCUT2D eigenvalue weighted by Gasteiger charge is 2.15. The topological polar surface area (TPSA) is 43.4 Å². The number of hydrogen-bond acceptors (Lipinski definition) is 3. The maximum atomic E-state index is 11.1. The standard InChI is InChI=1S/C10H12Cl2O3S/c1-3-7(2)15-8-4-5-10(9(11)6-8)16(12,13)14/h4-7H,3H2,1-2H3. The van der Waals surface area contributed by atoms with Gasteiger partial charge in [-0.15, -0.1) is 0 Å². The van der Waals surface area contributed by atoms with Crippen LogP contribution in [0.25, 0.3) is 0 Å². The Balaban J connectivity index is 3.01. The summed E-state index contributed by atoms with van der Waals surface area (Å²) < 4.78 is 27.7. The quantitative estimate of drug-likeness (QED) is 0.795. The Morgan fingerprint density at radius 1 is 1.44 bits per heavy atom. The Hall–Kier alpha value is -0.450. The molecule has 0 spiro atoms. The molecule has 0 saturated carbocycles. The molecule has 3 nitrogen and oxygen atoms in total. The van der Waals surface area contributed by atoms with Crippen molar-refractivity contribution < 1.29 is 13.2 Å². The molecule has 1 aromatic carbocycles. The molecule has 1 aromatic rings. The Morgan fingerprint density at radius 2 is 2.06 bits per heavy atom. The van der Waals surface area contributed by atoms with E-state index >= 15 is 0 Å². The largest absolute Gasteiger partial charge is 0.491 e. The second-order valence-electron chi connectivity index (χ2n) is 3.37. The van der Waals surface area contributed by atoms with Crippen LogP contribution >= 0.6 is 22.3 Å². The average Bonchev–Trinajstić information content (AvgIpc) is 2.15. The van der Waals surface area contributed by atoms with Crippen molar-refractivity contribution in [1.82, 2.24) is 0 Å². The lowest BCUT2D eigenvalue weighted by atomic mass is 10.3. The number of hydrogen-bond donors (Lipinski definition) is 0. The zero-order valence-corrected chi connectivity index (χ0v) is 11.2. The number of rotatable bonds is 4. The minimum Gasteiger partial charge on any atom is -0.491 e. The summed E-state index contributed by atoms with van der Waals surface area (Å²) >= 11 is 5.80. The molecule has 1 atom stereocenters. The van der Waals surface area contributed by atoms with E-state index in [9.17, 15) is 8.42 Å². The molecule has 0 amide bonds. The second-order valence-corrected chi connectivity index (χ2v) is 6.31. The first-order chi connectivity index (χ1) is 7.34. The Morgan fingerprint density at radius 3 is 2.50 bits per heavy atom. The fraction of sp³-hybridized carbons (Fsp3) is 0.400. The van der Waals surface area contributed by atoms with Gasteiger partial charge in [0.15, 0.2) is 0 Å². The predicted molar refractivity (Wildman–Crippen MR) is 64.9 cm³/mol. The van der Waals surface area contributed by atoms with Crippen LogP contribution in [0.15, 0.2) is 23.1 Å². The molecule has 16 heavy (non-hydrogen) atoms. The molecule has 0 bridgehead atoms. The van der Waals surface area contributed by atoms with Gasteiger partial charge in [-0.2, -0.15) is 0 Å². The van der Waals surface area contributed by atoms with Crippen LogP contribution in [0, 0.1) is 0 Å². The van der Waals surface area contributed by atoms with E-state index < -0.39 is 9.05 Å². The third-order valence-corrected chi connectivity index (χ3v) is 3.88. The van der Waals surface area contributed by atoms with E-state index in [-0.39, 0.29) is 16.0 Å². The highest BCUT2D eigenvalue weighted by molar-refractivity contribution is 8.13. The van der Waals surface area contributed by atoms with Gasteiger partial charge in [0.2, 0.25) is 0 Å². The fourth-order valence-electron chi connectivity index (χ4n) is 1.07. The van der Waals surface area contributed by atoms with E-state index in [2.05, 4.69) is 0 Å². The van der Waals surface area contributed by atoms with Crippen molar-refractivity contribution in [3.63, 3.8) is 0 Å². The van der Waals surface area contributed by atoms with Crippen molar-refractivity contribution in [3.8, 4) is 5.75 Å². The van der Waals surface area contributed by atoms with Crippen molar-refractivity contribution in [3.05, 3.63) is 23.2 Å². The zero-order chi connectivity index (χ0) is 12.3. The lowest BCUT2D eigenvalue weighted by molar-refractivity contribution is 0.217. The Kier molecular flexibility index (Phi) is 4.47. The normalized spacial score (nSPS) is 13.5. The van der Waals surface area contributed by atoms with E-state index in [4.69, 9.17) is 27.0 Å². The third-order valence-electron chi connectivity index (χ3n) is 2.08. The van der Waals surface area contributed by atoms with Crippen molar-refractivity contribution in [2.24, 2.45) is 0 Å². The van der Waals surface area contributed by atoms with Gasteiger partial charge >= 0.3 is 0 Å². The fourth-order valence-corrected chi connectivity index (χ4v) is 2.59. The molecule has 90 valence electrons. The first-order valence-corrected chi connectivity index (χ1v) is 7.44. The molecule has 0 aliphatic carbocycles. The number of halogens is 2. The zero-order valence-electron chi connectivity index (χ0n) is 8.91. The molecule has 0 N–H and O–H groups in total.